The summed E-state index contributed by atoms with van der Waals surface area (Å²) >= 11 is -1.46. The van der Waals surface area contributed by atoms with Crippen LogP contribution in [0.4, 0.5) is 0 Å². The molecule has 0 bridgehead atoms. The van der Waals surface area contributed by atoms with E-state index in [-0.39, 0.29) is 24.8 Å². The smallest absolute Gasteiger partial charge is 1.00 e. The summed E-state index contributed by atoms with van der Waals surface area (Å²) in [5.41, 5.74) is 3.27. The second kappa shape index (κ2) is 9.43. The first-order valence-electron chi connectivity index (χ1n) is 8.01. The first-order chi connectivity index (χ1) is 9.51. The molecular weight excluding hydrogens is 347 g/mol. The molecule has 0 aromatic carbocycles. The Kier molecular flexibility index (Phi) is 9.48. The first kappa shape index (κ1) is 22.1. The van der Waals surface area contributed by atoms with Crippen molar-refractivity contribution in [1.29, 1.82) is 0 Å². The average molecular weight is 375 g/mol. The summed E-state index contributed by atoms with van der Waals surface area (Å²) in [5.74, 6) is 1.32. The van der Waals surface area contributed by atoms with Crippen molar-refractivity contribution in [1.82, 2.24) is 0 Å². The van der Waals surface area contributed by atoms with Crippen molar-refractivity contribution >= 4 is 3.81 Å². The van der Waals surface area contributed by atoms with Gasteiger partial charge in [0, 0.05) is 0 Å². The van der Waals surface area contributed by atoms with Gasteiger partial charge in [0.15, 0.2) is 0 Å². The Labute approximate surface area is 155 Å². The normalized spacial score (nSPS) is 22.4. The zero-order valence-corrected chi connectivity index (χ0v) is 17.7. The quantitative estimate of drug-likeness (QED) is 0.585. The third kappa shape index (κ3) is 4.15. The van der Waals surface area contributed by atoms with E-state index in [2.05, 4.69) is 65.8 Å². The summed E-state index contributed by atoms with van der Waals surface area (Å²) in [5, 5.41) is 0. The van der Waals surface area contributed by atoms with Crippen LogP contribution in [-0.4, -0.2) is 3.81 Å². The van der Waals surface area contributed by atoms with Crippen molar-refractivity contribution in [3.05, 3.63) is 43.2 Å². The van der Waals surface area contributed by atoms with Gasteiger partial charge < -0.3 is 24.8 Å². The largest absolute Gasteiger partial charge is 1.00 e. The van der Waals surface area contributed by atoms with E-state index in [4.69, 9.17) is 0 Å². The fourth-order valence-corrected chi connectivity index (χ4v) is 9.23. The first-order valence-corrected chi connectivity index (χ1v) is 10.4. The van der Waals surface area contributed by atoms with Gasteiger partial charge in [-0.2, -0.15) is 0 Å². The van der Waals surface area contributed by atoms with Crippen LogP contribution >= 0.6 is 0 Å². The summed E-state index contributed by atoms with van der Waals surface area (Å²) in [6, 6.07) is 0. The van der Waals surface area contributed by atoms with Gasteiger partial charge in [0.1, 0.15) is 0 Å². The molecule has 0 aromatic heterocycles. The Balaban J connectivity index is 0.00000220. The maximum absolute atomic E-state index is 2.42. The zero-order valence-electron chi connectivity index (χ0n) is 14.6. The molecule has 0 fully saturated rings. The summed E-state index contributed by atoms with van der Waals surface area (Å²) in [6.45, 7) is 14.2. The van der Waals surface area contributed by atoms with E-state index in [1.165, 1.54) is 12.8 Å². The second-order valence-corrected chi connectivity index (χ2v) is 10.7. The van der Waals surface area contributed by atoms with Crippen LogP contribution in [0.2, 0.25) is 0 Å². The molecule has 2 aliphatic rings. The molecule has 0 N–H and O–H groups in total. The van der Waals surface area contributed by atoms with Crippen LogP contribution < -0.4 is 24.8 Å². The zero-order chi connectivity index (χ0) is 14.9. The fraction of sp³-hybridized carbons (Fsp3) is 0.526. The van der Waals surface area contributed by atoms with E-state index in [1.54, 1.807) is 15.0 Å². The molecule has 0 heterocycles. The Bertz CT molecular complexity index is 514. The topological polar surface area (TPSA) is 0 Å². The third-order valence-corrected chi connectivity index (χ3v) is 10.2. The summed E-state index contributed by atoms with van der Waals surface area (Å²) in [7, 11) is 0. The fourth-order valence-electron chi connectivity index (χ4n) is 3.55. The van der Waals surface area contributed by atoms with Crippen LogP contribution in [0.15, 0.2) is 43.2 Å². The van der Waals surface area contributed by atoms with E-state index in [9.17, 15) is 0 Å². The molecule has 0 saturated carbocycles. The van der Waals surface area contributed by atoms with Crippen LogP contribution in [0.5, 0.6) is 0 Å². The number of halogens is 2. The van der Waals surface area contributed by atoms with E-state index < -0.39 is 17.4 Å². The van der Waals surface area contributed by atoms with E-state index in [0.717, 1.165) is 0 Å². The molecule has 3 heteroatoms. The molecule has 2 atom stereocenters. The van der Waals surface area contributed by atoms with Crippen molar-refractivity contribution in [3.8, 4) is 0 Å². The van der Waals surface area contributed by atoms with Crippen molar-refractivity contribution in [3.63, 3.8) is 0 Å². The SMILES string of the molecule is CCC1=[C]([Ti+2]([C]2=C(CC)C=CC2C)=[C](C)C)C(C)C=C1.[Cl-].[Cl-]. The third-order valence-electron chi connectivity index (χ3n) is 4.58. The number of hydrogen-bond donors (Lipinski definition) is 0. The molecule has 0 saturated heterocycles. The Morgan fingerprint density at radius 1 is 0.864 bits per heavy atom. The van der Waals surface area contributed by atoms with E-state index in [1.807, 2.05) is 7.76 Å². The molecule has 2 aliphatic carbocycles. The maximum atomic E-state index is 2.42. The van der Waals surface area contributed by atoms with Crippen molar-refractivity contribution in [2.45, 2.75) is 54.4 Å². The van der Waals surface area contributed by atoms with Crippen LogP contribution in [0.25, 0.3) is 0 Å². The average Bonchev–Trinajstić information content (AvgIpc) is 2.95. The molecule has 0 nitrogen and oxygen atoms in total. The molecule has 0 aromatic rings. The molecular formula is C19H28Cl2Ti. The molecule has 0 spiro atoms. The molecule has 0 aliphatic heterocycles. The molecule has 0 radical (unpaired) electrons. The number of rotatable bonds is 4. The summed E-state index contributed by atoms with van der Waals surface area (Å²) in [4.78, 5) is 0. The predicted molar refractivity (Wildman–Crippen MR) is 87.6 cm³/mol. The van der Waals surface area contributed by atoms with Crippen LogP contribution in [-0.2, 0) is 17.4 Å². The number of allylic oxidation sites excluding steroid dienone is 8. The van der Waals surface area contributed by atoms with Gasteiger partial charge in [-0.05, 0) is 0 Å². The Morgan fingerprint density at radius 3 is 1.50 bits per heavy atom. The van der Waals surface area contributed by atoms with Gasteiger partial charge in [-0.15, -0.1) is 0 Å². The Hall–Kier alpha value is 0.124. The van der Waals surface area contributed by atoms with Crippen LogP contribution in [0.1, 0.15) is 54.4 Å². The van der Waals surface area contributed by atoms with Crippen molar-refractivity contribution < 1.29 is 42.2 Å². The second-order valence-electron chi connectivity index (χ2n) is 6.26. The monoisotopic (exact) mass is 374 g/mol. The maximum Gasteiger partial charge on any atom is -1.00 e. The number of hydrogen-bond acceptors (Lipinski definition) is 0. The standard InChI is InChI=1S/2C8H11.C3H6.2ClH.Ti/c2*1-3-8-5-4-7(2)6-8;1-3-2;;;/h2*4-5,7H,3H2,1-2H3;1-2H3;2*1H;/q;;;;;+2/p-2. The van der Waals surface area contributed by atoms with Crippen LogP contribution in [0, 0.1) is 11.8 Å². The molecule has 22 heavy (non-hydrogen) atoms. The van der Waals surface area contributed by atoms with Crippen molar-refractivity contribution in [2.24, 2.45) is 11.8 Å². The molecule has 122 valence electrons. The van der Waals surface area contributed by atoms with Crippen molar-refractivity contribution in [2.75, 3.05) is 0 Å². The van der Waals surface area contributed by atoms with Gasteiger partial charge >= 0.3 is 131 Å². The van der Waals surface area contributed by atoms with Gasteiger partial charge in [0.25, 0.3) is 0 Å². The summed E-state index contributed by atoms with van der Waals surface area (Å²) < 4.78 is 5.35. The Morgan fingerprint density at radius 2 is 1.23 bits per heavy atom. The van der Waals surface area contributed by atoms with E-state index in [0.29, 0.717) is 11.8 Å². The minimum Gasteiger partial charge on any atom is -1.00 e. The molecule has 2 unspecified atom stereocenters. The molecule has 2 rings (SSSR count). The van der Waals surface area contributed by atoms with Gasteiger partial charge in [-0.25, -0.2) is 0 Å². The summed E-state index contributed by atoms with van der Waals surface area (Å²) in [6.07, 6.45) is 12.0. The van der Waals surface area contributed by atoms with Gasteiger partial charge in [-0.3, -0.25) is 0 Å². The minimum absolute atomic E-state index is 0. The van der Waals surface area contributed by atoms with Gasteiger partial charge in [0.05, 0.1) is 0 Å². The van der Waals surface area contributed by atoms with Gasteiger partial charge in [-0.1, -0.05) is 0 Å². The molecule has 0 amide bonds. The van der Waals surface area contributed by atoms with E-state index >= 15 is 0 Å². The minimum atomic E-state index is -1.46. The van der Waals surface area contributed by atoms with Crippen LogP contribution in [0.3, 0.4) is 0 Å². The van der Waals surface area contributed by atoms with Gasteiger partial charge in [0.2, 0.25) is 0 Å². The predicted octanol–water partition coefficient (Wildman–Crippen LogP) is -0.435.